The van der Waals surface area contributed by atoms with Crippen LogP contribution in [0, 0.1) is 6.92 Å². The van der Waals surface area contributed by atoms with Crippen molar-refractivity contribution in [2.75, 3.05) is 44.0 Å². The molecule has 3 aromatic rings. The zero-order chi connectivity index (χ0) is 30.0. The molecule has 0 bridgehead atoms. The molecule has 2 aromatic carbocycles. The van der Waals surface area contributed by atoms with Crippen molar-refractivity contribution in [2.24, 2.45) is 0 Å². The summed E-state index contributed by atoms with van der Waals surface area (Å²) in [4.78, 5) is 11.7. The van der Waals surface area contributed by atoms with Crippen molar-refractivity contribution >= 4 is 44.6 Å². The predicted molar refractivity (Wildman–Crippen MR) is 168 cm³/mol. The molecule has 0 amide bonds. The molecule has 42 heavy (non-hydrogen) atoms. The second kappa shape index (κ2) is 12.8. The van der Waals surface area contributed by atoms with Gasteiger partial charge in [0.05, 0.1) is 34.3 Å². The van der Waals surface area contributed by atoms with E-state index in [1.807, 2.05) is 0 Å². The number of nitrogens with zero attached hydrogens (tertiary/aromatic N) is 3. The average Bonchev–Trinajstić information content (AvgIpc) is 3.35. The van der Waals surface area contributed by atoms with E-state index in [-0.39, 0.29) is 16.0 Å². The summed E-state index contributed by atoms with van der Waals surface area (Å²) < 4.78 is 37.5. The Hall–Kier alpha value is -2.92. The summed E-state index contributed by atoms with van der Waals surface area (Å²) in [6.45, 7) is 11.4. The van der Waals surface area contributed by atoms with Crippen LogP contribution in [0.15, 0.2) is 41.4 Å². The molecule has 0 radical (unpaired) electrons. The maximum Gasteiger partial charge on any atom is 0.229 e. The van der Waals surface area contributed by atoms with Gasteiger partial charge in [0.2, 0.25) is 5.95 Å². The van der Waals surface area contributed by atoms with Gasteiger partial charge in [-0.25, -0.2) is 13.4 Å². The molecule has 2 N–H and O–H groups in total. The molecule has 0 saturated carbocycles. The Morgan fingerprint density at radius 1 is 1.17 bits per heavy atom. The van der Waals surface area contributed by atoms with E-state index in [1.165, 1.54) is 22.9 Å². The van der Waals surface area contributed by atoms with Crippen molar-refractivity contribution in [2.45, 2.75) is 69.1 Å². The Morgan fingerprint density at radius 2 is 1.90 bits per heavy atom. The number of fused-ring (bicyclic) bond motifs is 1. The van der Waals surface area contributed by atoms with Crippen LogP contribution in [0.4, 0.5) is 23.1 Å². The Labute approximate surface area is 253 Å². The summed E-state index contributed by atoms with van der Waals surface area (Å²) in [6, 6.07) is 8.88. The first-order chi connectivity index (χ1) is 20.1. The number of anilines is 4. The van der Waals surface area contributed by atoms with Crippen molar-refractivity contribution in [3.05, 3.63) is 58.2 Å². The first-order valence-corrected chi connectivity index (χ1v) is 16.4. The highest BCUT2D eigenvalue weighted by Gasteiger charge is 2.32. The van der Waals surface area contributed by atoms with E-state index in [0.29, 0.717) is 23.4 Å². The lowest BCUT2D eigenvalue weighted by Crippen LogP contribution is -2.35. The Bertz CT molecular complexity index is 1540. The van der Waals surface area contributed by atoms with E-state index in [9.17, 15) is 8.42 Å². The van der Waals surface area contributed by atoms with Crippen LogP contribution in [0.5, 0.6) is 5.75 Å². The number of halogens is 1. The molecule has 2 aliphatic heterocycles. The largest absolute Gasteiger partial charge is 0.488 e. The lowest BCUT2D eigenvalue weighted by Gasteiger charge is -2.33. The zero-order valence-corrected chi connectivity index (χ0v) is 26.5. The van der Waals surface area contributed by atoms with Gasteiger partial charge in [-0.05, 0) is 88.9 Å². The number of hydrogen-bond donors (Lipinski definition) is 2. The highest BCUT2D eigenvalue weighted by molar-refractivity contribution is 7.92. The van der Waals surface area contributed by atoms with Crippen LogP contribution in [-0.4, -0.2) is 68.0 Å². The number of likely N-dealkylation sites (tertiary alicyclic amines) is 1. The fourth-order valence-corrected chi connectivity index (χ4v) is 7.25. The fraction of sp³-hybridized carbons (Fsp3) is 0.484. The van der Waals surface area contributed by atoms with Crippen molar-refractivity contribution in [3.63, 3.8) is 0 Å². The maximum atomic E-state index is 13.0. The molecule has 0 aliphatic carbocycles. The molecule has 1 fully saturated rings. The first-order valence-electron chi connectivity index (χ1n) is 14.5. The first kappa shape index (κ1) is 30.5. The fourth-order valence-electron chi connectivity index (χ4n) is 5.91. The van der Waals surface area contributed by atoms with E-state index >= 15 is 0 Å². The summed E-state index contributed by atoms with van der Waals surface area (Å²) >= 11 is 6.46. The number of para-hydroxylation sites is 1. The lowest BCUT2D eigenvalue weighted by atomic mass is 9.82. The average molecular weight is 614 g/mol. The number of hydrogen-bond acceptors (Lipinski definition) is 9. The van der Waals surface area contributed by atoms with Gasteiger partial charge < -0.3 is 25.0 Å². The highest BCUT2D eigenvalue weighted by atomic mass is 35.5. The predicted octanol–water partition coefficient (Wildman–Crippen LogP) is 6.26. The number of ether oxygens (including phenoxy) is 2. The van der Waals surface area contributed by atoms with Crippen LogP contribution < -0.4 is 15.4 Å². The molecule has 226 valence electrons. The standard InChI is InChI=1S/C31H40ClN5O4S/c1-19(2)42(38,39)27-9-7-6-8-25(27)34-30-24(32)18-33-31(36-30)35-26-16-20(3)28(23-17-21(4)41-29(23)26)22-10-12-37(13-11-22)14-15-40-5/h6-9,16,18-19,21-22H,10-15,17H2,1-5H3,(H2,33,34,35,36). The van der Waals surface area contributed by atoms with Gasteiger partial charge in [-0.2, -0.15) is 4.98 Å². The van der Waals surface area contributed by atoms with Crippen molar-refractivity contribution in [3.8, 4) is 5.75 Å². The quantitative estimate of drug-likeness (QED) is 0.274. The minimum atomic E-state index is -3.53. The Morgan fingerprint density at radius 3 is 2.62 bits per heavy atom. The number of rotatable bonds is 10. The van der Waals surface area contributed by atoms with Gasteiger partial charge >= 0.3 is 0 Å². The number of aryl methyl sites for hydroxylation is 1. The number of methoxy groups -OCH3 is 1. The normalized spacial score (nSPS) is 17.7. The summed E-state index contributed by atoms with van der Waals surface area (Å²) in [7, 11) is -1.77. The van der Waals surface area contributed by atoms with Gasteiger partial charge in [0.25, 0.3) is 0 Å². The van der Waals surface area contributed by atoms with Crippen molar-refractivity contribution < 1.29 is 17.9 Å². The smallest absolute Gasteiger partial charge is 0.229 e. The Kier molecular flexibility index (Phi) is 9.27. The Balaban J connectivity index is 1.41. The van der Waals surface area contributed by atoms with Crippen LogP contribution >= 0.6 is 11.6 Å². The highest BCUT2D eigenvalue weighted by Crippen LogP contribution is 2.46. The second-order valence-corrected chi connectivity index (χ2v) is 14.3. The summed E-state index contributed by atoms with van der Waals surface area (Å²) in [5.74, 6) is 1.98. The van der Waals surface area contributed by atoms with Gasteiger partial charge in [0.1, 0.15) is 16.9 Å². The topological polar surface area (TPSA) is 106 Å². The molecular weight excluding hydrogens is 574 g/mol. The van der Waals surface area contributed by atoms with E-state index in [0.717, 1.165) is 56.9 Å². The van der Waals surface area contributed by atoms with Crippen molar-refractivity contribution in [1.82, 2.24) is 14.9 Å². The number of sulfone groups is 1. The summed E-state index contributed by atoms with van der Waals surface area (Å²) in [5, 5.41) is 6.18. The number of aromatic nitrogens is 2. The monoisotopic (exact) mass is 613 g/mol. The van der Waals surface area contributed by atoms with Gasteiger partial charge in [-0.3, -0.25) is 0 Å². The van der Waals surface area contributed by atoms with E-state index in [2.05, 4.69) is 45.4 Å². The third-order valence-electron chi connectivity index (χ3n) is 8.11. The molecule has 5 rings (SSSR count). The van der Waals surface area contributed by atoms with E-state index in [4.69, 9.17) is 21.1 Å². The number of piperidine rings is 1. The SMILES string of the molecule is COCCN1CCC(c2c(C)cc(Nc3ncc(Cl)c(Nc4ccccc4S(=O)(=O)C(C)C)n3)c3c2CC(C)O3)CC1. The molecule has 2 aliphatic rings. The summed E-state index contributed by atoms with van der Waals surface area (Å²) in [5.41, 5.74) is 5.12. The molecule has 9 nitrogen and oxygen atoms in total. The van der Waals surface area contributed by atoms with E-state index in [1.54, 1.807) is 45.2 Å². The number of nitrogens with one attached hydrogen (secondary N) is 2. The molecule has 11 heteroatoms. The molecule has 1 aromatic heterocycles. The molecular formula is C31H40ClN5O4S. The third kappa shape index (κ3) is 6.37. The number of benzene rings is 2. The summed E-state index contributed by atoms with van der Waals surface area (Å²) in [6.07, 6.45) is 4.66. The van der Waals surface area contributed by atoms with Crippen LogP contribution in [0.25, 0.3) is 0 Å². The minimum Gasteiger partial charge on any atom is -0.488 e. The van der Waals surface area contributed by atoms with Crippen LogP contribution in [0.1, 0.15) is 56.2 Å². The van der Waals surface area contributed by atoms with Gasteiger partial charge in [-0.1, -0.05) is 23.7 Å². The lowest BCUT2D eigenvalue weighted by molar-refractivity contribution is 0.130. The van der Waals surface area contributed by atoms with Crippen LogP contribution in [0.3, 0.4) is 0 Å². The van der Waals surface area contributed by atoms with Crippen LogP contribution in [-0.2, 0) is 21.0 Å². The van der Waals surface area contributed by atoms with Crippen molar-refractivity contribution in [1.29, 1.82) is 0 Å². The third-order valence-corrected chi connectivity index (χ3v) is 10.6. The van der Waals surface area contributed by atoms with E-state index < -0.39 is 15.1 Å². The molecule has 1 atom stereocenters. The molecule has 1 unspecified atom stereocenters. The van der Waals surface area contributed by atoms with Gasteiger partial charge in [0.15, 0.2) is 15.7 Å². The molecule has 3 heterocycles. The molecule has 1 saturated heterocycles. The zero-order valence-electron chi connectivity index (χ0n) is 24.9. The molecule has 0 spiro atoms. The van der Waals surface area contributed by atoms with Crippen LogP contribution in [0.2, 0.25) is 5.02 Å². The van der Waals surface area contributed by atoms with Gasteiger partial charge in [-0.15, -0.1) is 0 Å². The minimum absolute atomic E-state index is 0.0747. The maximum absolute atomic E-state index is 13.0. The van der Waals surface area contributed by atoms with Gasteiger partial charge in [0, 0.05) is 25.6 Å². The second-order valence-electron chi connectivity index (χ2n) is 11.4.